The van der Waals surface area contributed by atoms with Gasteiger partial charge in [0, 0.05) is 24.6 Å². The molecule has 0 saturated carbocycles. The zero-order valence-corrected chi connectivity index (χ0v) is 12.8. The first-order valence-corrected chi connectivity index (χ1v) is 7.06. The SMILES string of the molecule is CNC(c1ccc(C)nc1)c1ccccc1OCCOC. The van der Waals surface area contributed by atoms with Gasteiger partial charge in [-0.15, -0.1) is 0 Å². The van der Waals surface area contributed by atoms with Crippen LogP contribution in [0.15, 0.2) is 42.6 Å². The molecule has 1 N–H and O–H groups in total. The lowest BCUT2D eigenvalue weighted by molar-refractivity contribution is 0.145. The maximum atomic E-state index is 5.82. The van der Waals surface area contributed by atoms with Crippen LogP contribution in [-0.4, -0.2) is 32.4 Å². The lowest BCUT2D eigenvalue weighted by Gasteiger charge is -2.20. The van der Waals surface area contributed by atoms with Crippen molar-refractivity contribution in [2.24, 2.45) is 0 Å². The number of rotatable bonds is 7. The van der Waals surface area contributed by atoms with E-state index in [0.717, 1.165) is 22.6 Å². The summed E-state index contributed by atoms with van der Waals surface area (Å²) >= 11 is 0. The van der Waals surface area contributed by atoms with Gasteiger partial charge >= 0.3 is 0 Å². The summed E-state index contributed by atoms with van der Waals surface area (Å²) in [5, 5.41) is 3.33. The molecule has 0 spiro atoms. The predicted molar refractivity (Wildman–Crippen MR) is 83.7 cm³/mol. The summed E-state index contributed by atoms with van der Waals surface area (Å²) in [4.78, 5) is 4.38. The number of aryl methyl sites for hydroxylation is 1. The van der Waals surface area contributed by atoms with Crippen molar-refractivity contribution in [3.63, 3.8) is 0 Å². The third-order valence-corrected chi connectivity index (χ3v) is 3.33. The fourth-order valence-corrected chi connectivity index (χ4v) is 2.24. The summed E-state index contributed by atoms with van der Waals surface area (Å²) in [7, 11) is 3.61. The number of aromatic nitrogens is 1. The van der Waals surface area contributed by atoms with Crippen molar-refractivity contribution in [1.82, 2.24) is 10.3 Å². The van der Waals surface area contributed by atoms with Crippen LogP contribution in [0.5, 0.6) is 5.75 Å². The summed E-state index contributed by atoms with van der Waals surface area (Å²) in [6.07, 6.45) is 1.91. The van der Waals surface area contributed by atoms with E-state index in [1.807, 2.05) is 44.4 Å². The molecule has 4 heteroatoms. The number of hydrogen-bond donors (Lipinski definition) is 1. The smallest absolute Gasteiger partial charge is 0.124 e. The van der Waals surface area contributed by atoms with E-state index in [0.29, 0.717) is 13.2 Å². The predicted octanol–water partition coefficient (Wildman–Crippen LogP) is 2.72. The molecule has 1 atom stereocenters. The minimum absolute atomic E-state index is 0.0526. The van der Waals surface area contributed by atoms with E-state index >= 15 is 0 Å². The molecule has 4 nitrogen and oxygen atoms in total. The molecule has 0 aliphatic carbocycles. The second-order valence-electron chi connectivity index (χ2n) is 4.83. The monoisotopic (exact) mass is 286 g/mol. The second kappa shape index (κ2) is 7.76. The second-order valence-corrected chi connectivity index (χ2v) is 4.83. The van der Waals surface area contributed by atoms with Crippen molar-refractivity contribution >= 4 is 0 Å². The van der Waals surface area contributed by atoms with Crippen LogP contribution in [0.4, 0.5) is 0 Å². The van der Waals surface area contributed by atoms with E-state index in [4.69, 9.17) is 9.47 Å². The minimum Gasteiger partial charge on any atom is -0.491 e. The summed E-state index contributed by atoms with van der Waals surface area (Å²) in [5.74, 6) is 0.870. The molecular weight excluding hydrogens is 264 g/mol. The molecule has 0 radical (unpaired) electrons. The third kappa shape index (κ3) is 4.03. The fraction of sp³-hybridized carbons (Fsp3) is 0.353. The van der Waals surface area contributed by atoms with E-state index in [1.54, 1.807) is 7.11 Å². The Labute approximate surface area is 126 Å². The van der Waals surface area contributed by atoms with Crippen LogP contribution in [0.2, 0.25) is 0 Å². The highest BCUT2D eigenvalue weighted by molar-refractivity contribution is 5.41. The van der Waals surface area contributed by atoms with E-state index in [9.17, 15) is 0 Å². The van der Waals surface area contributed by atoms with Gasteiger partial charge in [-0.3, -0.25) is 4.98 Å². The molecule has 0 fully saturated rings. The quantitative estimate of drug-likeness (QED) is 0.795. The Hall–Kier alpha value is -1.91. The minimum atomic E-state index is 0.0526. The number of nitrogens with one attached hydrogen (secondary N) is 1. The van der Waals surface area contributed by atoms with Crippen LogP contribution in [0.25, 0.3) is 0 Å². The van der Waals surface area contributed by atoms with Gasteiger partial charge in [-0.05, 0) is 31.7 Å². The van der Waals surface area contributed by atoms with Crippen molar-refractivity contribution < 1.29 is 9.47 Å². The first kappa shape index (κ1) is 15.5. The van der Waals surface area contributed by atoms with Crippen molar-refractivity contribution in [2.75, 3.05) is 27.4 Å². The van der Waals surface area contributed by atoms with Crippen molar-refractivity contribution in [2.45, 2.75) is 13.0 Å². The number of methoxy groups -OCH3 is 1. The van der Waals surface area contributed by atoms with Crippen molar-refractivity contribution in [3.05, 3.63) is 59.4 Å². The topological polar surface area (TPSA) is 43.4 Å². The van der Waals surface area contributed by atoms with Crippen LogP contribution in [0, 0.1) is 6.92 Å². The standard InChI is InChI=1S/C17H22N2O2/c1-13-8-9-14(12-19-13)17(18-2)15-6-4-5-7-16(15)21-11-10-20-3/h4-9,12,17-18H,10-11H2,1-3H3. The van der Waals surface area contributed by atoms with Crippen LogP contribution in [0.3, 0.4) is 0 Å². The Bertz CT molecular complexity index is 555. The summed E-state index contributed by atoms with van der Waals surface area (Å²) in [6, 6.07) is 12.2. The third-order valence-electron chi connectivity index (χ3n) is 3.33. The van der Waals surface area contributed by atoms with Crippen molar-refractivity contribution in [1.29, 1.82) is 0 Å². The van der Waals surface area contributed by atoms with Gasteiger partial charge in [-0.25, -0.2) is 0 Å². The Morgan fingerprint density at radius 1 is 1.14 bits per heavy atom. The van der Waals surface area contributed by atoms with Gasteiger partial charge in [0.2, 0.25) is 0 Å². The lowest BCUT2D eigenvalue weighted by atomic mass is 9.99. The summed E-state index contributed by atoms with van der Waals surface area (Å²) in [6.45, 7) is 3.10. The number of hydrogen-bond acceptors (Lipinski definition) is 4. The molecule has 0 bridgehead atoms. The zero-order valence-electron chi connectivity index (χ0n) is 12.8. The highest BCUT2D eigenvalue weighted by Crippen LogP contribution is 2.29. The van der Waals surface area contributed by atoms with Gasteiger partial charge < -0.3 is 14.8 Å². The fourth-order valence-electron chi connectivity index (χ4n) is 2.24. The van der Waals surface area contributed by atoms with Crippen molar-refractivity contribution in [3.8, 4) is 5.75 Å². The molecule has 2 rings (SSSR count). The van der Waals surface area contributed by atoms with Crippen LogP contribution >= 0.6 is 0 Å². The summed E-state index contributed by atoms with van der Waals surface area (Å²) in [5.41, 5.74) is 3.23. The molecule has 21 heavy (non-hydrogen) atoms. The molecule has 1 aromatic heterocycles. The van der Waals surface area contributed by atoms with Crippen LogP contribution < -0.4 is 10.1 Å². The summed E-state index contributed by atoms with van der Waals surface area (Å²) < 4.78 is 10.9. The highest BCUT2D eigenvalue weighted by Gasteiger charge is 2.16. The van der Waals surface area contributed by atoms with Gasteiger partial charge in [0.25, 0.3) is 0 Å². The Morgan fingerprint density at radius 2 is 1.95 bits per heavy atom. The average Bonchev–Trinajstić information content (AvgIpc) is 2.51. The van der Waals surface area contributed by atoms with E-state index in [1.165, 1.54) is 0 Å². The van der Waals surface area contributed by atoms with Gasteiger partial charge in [-0.1, -0.05) is 24.3 Å². The normalized spacial score (nSPS) is 12.1. The van der Waals surface area contributed by atoms with Crippen LogP contribution in [-0.2, 0) is 4.74 Å². The van der Waals surface area contributed by atoms with E-state index < -0.39 is 0 Å². The average molecular weight is 286 g/mol. The number of ether oxygens (including phenoxy) is 2. The lowest BCUT2D eigenvalue weighted by Crippen LogP contribution is -2.19. The molecule has 0 amide bonds. The largest absolute Gasteiger partial charge is 0.491 e. The number of benzene rings is 1. The Morgan fingerprint density at radius 3 is 2.62 bits per heavy atom. The maximum absolute atomic E-state index is 5.82. The number of pyridine rings is 1. The zero-order chi connectivity index (χ0) is 15.1. The molecular formula is C17H22N2O2. The number of nitrogens with zero attached hydrogens (tertiary/aromatic N) is 1. The number of para-hydroxylation sites is 1. The molecule has 1 unspecified atom stereocenters. The Kier molecular flexibility index (Phi) is 5.72. The first-order valence-electron chi connectivity index (χ1n) is 7.06. The van der Waals surface area contributed by atoms with E-state index in [-0.39, 0.29) is 6.04 Å². The molecule has 0 aliphatic rings. The van der Waals surface area contributed by atoms with Gasteiger partial charge in [0.1, 0.15) is 12.4 Å². The molecule has 112 valence electrons. The van der Waals surface area contributed by atoms with Gasteiger partial charge in [-0.2, -0.15) is 0 Å². The molecule has 0 saturated heterocycles. The molecule has 1 aromatic carbocycles. The molecule has 0 aliphatic heterocycles. The van der Waals surface area contributed by atoms with Crippen LogP contribution in [0.1, 0.15) is 22.9 Å². The van der Waals surface area contributed by atoms with Gasteiger partial charge in [0.15, 0.2) is 0 Å². The van der Waals surface area contributed by atoms with Gasteiger partial charge in [0.05, 0.1) is 12.6 Å². The maximum Gasteiger partial charge on any atom is 0.124 e. The Balaban J connectivity index is 2.27. The molecule has 1 heterocycles. The first-order chi connectivity index (χ1) is 10.3. The molecule has 2 aromatic rings. The highest BCUT2D eigenvalue weighted by atomic mass is 16.5. The van der Waals surface area contributed by atoms with E-state index in [2.05, 4.69) is 22.4 Å².